The second-order valence-electron chi connectivity index (χ2n) is 2.41. The molecule has 0 aromatic heterocycles. The lowest BCUT2D eigenvalue weighted by Gasteiger charge is -2.09. The van der Waals surface area contributed by atoms with Gasteiger partial charge in [-0.1, -0.05) is 12.1 Å². The number of hydrogen-bond acceptors (Lipinski definition) is 4. The molecule has 0 fully saturated rings. The first-order valence-electron chi connectivity index (χ1n) is 4.01. The minimum atomic E-state index is 0.387. The second-order valence-corrected chi connectivity index (χ2v) is 2.41. The number of ether oxygens (including phenoxy) is 2. The molecule has 0 aliphatic heterocycles. The zero-order chi connectivity index (χ0) is 9.52. The monoisotopic (exact) mass is 183 g/mol. The minimum absolute atomic E-state index is 0.387. The van der Waals surface area contributed by atoms with Crippen LogP contribution in [0.2, 0.25) is 0 Å². The Morgan fingerprint density at radius 1 is 1.31 bits per heavy atom. The fourth-order valence-corrected chi connectivity index (χ4v) is 0.945. The molecule has 72 valence electrons. The minimum Gasteiger partial charge on any atom is -0.493 e. The Kier molecular flexibility index (Phi) is 4.08. The van der Waals surface area contributed by atoms with Gasteiger partial charge in [0.05, 0.1) is 13.7 Å². The van der Waals surface area contributed by atoms with Gasteiger partial charge in [0.2, 0.25) is 0 Å². The fourth-order valence-electron chi connectivity index (χ4n) is 0.945. The van der Waals surface area contributed by atoms with Gasteiger partial charge in [-0.25, -0.2) is 5.48 Å². The van der Waals surface area contributed by atoms with Crippen LogP contribution in [0.3, 0.4) is 0 Å². The van der Waals surface area contributed by atoms with Crippen LogP contribution in [0, 0.1) is 0 Å². The van der Waals surface area contributed by atoms with E-state index in [1.165, 1.54) is 0 Å². The Morgan fingerprint density at radius 2 is 2.00 bits per heavy atom. The van der Waals surface area contributed by atoms with E-state index in [4.69, 9.17) is 14.7 Å². The highest BCUT2D eigenvalue weighted by Crippen LogP contribution is 2.25. The first-order valence-corrected chi connectivity index (χ1v) is 4.01. The molecule has 0 bridgehead atoms. The molecule has 0 spiro atoms. The van der Waals surface area contributed by atoms with E-state index in [-0.39, 0.29) is 0 Å². The summed E-state index contributed by atoms with van der Waals surface area (Å²) < 4.78 is 10.4. The van der Waals surface area contributed by atoms with Gasteiger partial charge in [0.1, 0.15) is 6.61 Å². The molecular weight excluding hydrogens is 170 g/mol. The Hall–Kier alpha value is -1.26. The SMILES string of the molecule is COc1ccccc1OCCNO. The molecule has 0 amide bonds. The number of para-hydroxylation sites is 2. The lowest BCUT2D eigenvalue weighted by molar-refractivity contribution is 0.144. The molecule has 2 N–H and O–H groups in total. The Bertz CT molecular complexity index is 252. The number of hydrogen-bond donors (Lipinski definition) is 2. The maximum Gasteiger partial charge on any atom is 0.161 e. The average Bonchev–Trinajstić information content (AvgIpc) is 2.19. The van der Waals surface area contributed by atoms with Crippen LogP contribution in [0.4, 0.5) is 0 Å². The van der Waals surface area contributed by atoms with Crippen molar-refractivity contribution in [1.29, 1.82) is 0 Å². The predicted molar refractivity (Wildman–Crippen MR) is 48.3 cm³/mol. The summed E-state index contributed by atoms with van der Waals surface area (Å²) in [6.07, 6.45) is 0. The smallest absolute Gasteiger partial charge is 0.161 e. The molecule has 0 saturated carbocycles. The van der Waals surface area contributed by atoms with E-state index < -0.39 is 0 Å². The topological polar surface area (TPSA) is 50.7 Å². The number of rotatable bonds is 5. The summed E-state index contributed by atoms with van der Waals surface area (Å²) in [4.78, 5) is 0. The van der Waals surface area contributed by atoms with Crippen molar-refractivity contribution < 1.29 is 14.7 Å². The normalized spacial score (nSPS) is 9.69. The molecule has 0 atom stereocenters. The maximum absolute atomic E-state index is 8.31. The summed E-state index contributed by atoms with van der Waals surface area (Å²) in [6, 6.07) is 7.37. The first kappa shape index (κ1) is 9.83. The Balaban J connectivity index is 2.54. The number of methoxy groups -OCH3 is 1. The van der Waals surface area contributed by atoms with Crippen molar-refractivity contribution in [3.05, 3.63) is 24.3 Å². The second kappa shape index (κ2) is 5.40. The van der Waals surface area contributed by atoms with Gasteiger partial charge in [0.15, 0.2) is 11.5 Å². The third kappa shape index (κ3) is 2.93. The molecule has 1 rings (SSSR count). The van der Waals surface area contributed by atoms with E-state index in [1.807, 2.05) is 29.7 Å². The van der Waals surface area contributed by atoms with Crippen molar-refractivity contribution in [3.8, 4) is 11.5 Å². The molecule has 4 nitrogen and oxygen atoms in total. The van der Waals surface area contributed by atoms with E-state index in [0.29, 0.717) is 24.7 Å². The molecule has 0 aliphatic carbocycles. The van der Waals surface area contributed by atoms with Crippen LogP contribution in [0.5, 0.6) is 11.5 Å². The van der Waals surface area contributed by atoms with Crippen LogP contribution < -0.4 is 15.0 Å². The van der Waals surface area contributed by atoms with Crippen LogP contribution in [0.1, 0.15) is 0 Å². The van der Waals surface area contributed by atoms with Crippen molar-refractivity contribution in [2.75, 3.05) is 20.3 Å². The van der Waals surface area contributed by atoms with Gasteiger partial charge in [0, 0.05) is 0 Å². The zero-order valence-corrected chi connectivity index (χ0v) is 7.49. The van der Waals surface area contributed by atoms with Crippen LogP contribution >= 0.6 is 0 Å². The van der Waals surface area contributed by atoms with Gasteiger partial charge in [-0.15, -0.1) is 0 Å². The van der Waals surface area contributed by atoms with Gasteiger partial charge >= 0.3 is 0 Å². The van der Waals surface area contributed by atoms with Crippen molar-refractivity contribution >= 4 is 0 Å². The molecule has 0 heterocycles. The van der Waals surface area contributed by atoms with Crippen LogP contribution in [-0.4, -0.2) is 25.5 Å². The predicted octanol–water partition coefficient (Wildman–Crippen LogP) is 1.05. The van der Waals surface area contributed by atoms with E-state index in [1.54, 1.807) is 7.11 Å². The summed E-state index contributed by atoms with van der Waals surface area (Å²) in [7, 11) is 1.59. The molecule has 4 heteroatoms. The van der Waals surface area contributed by atoms with E-state index in [9.17, 15) is 0 Å². The molecule has 1 aromatic rings. The highest BCUT2D eigenvalue weighted by Gasteiger charge is 2.00. The fraction of sp³-hybridized carbons (Fsp3) is 0.333. The summed E-state index contributed by atoms with van der Waals surface area (Å²) in [5.41, 5.74) is 2.01. The quantitative estimate of drug-likeness (QED) is 0.529. The Morgan fingerprint density at radius 3 is 2.62 bits per heavy atom. The van der Waals surface area contributed by atoms with Gasteiger partial charge in [0.25, 0.3) is 0 Å². The molecule has 0 unspecified atom stereocenters. The summed E-state index contributed by atoms with van der Waals surface area (Å²) >= 11 is 0. The van der Waals surface area contributed by atoms with Gasteiger partial charge < -0.3 is 14.7 Å². The largest absolute Gasteiger partial charge is 0.493 e. The van der Waals surface area contributed by atoms with E-state index in [2.05, 4.69) is 0 Å². The maximum atomic E-state index is 8.31. The van der Waals surface area contributed by atoms with Crippen LogP contribution in [0.25, 0.3) is 0 Å². The lowest BCUT2D eigenvalue weighted by atomic mass is 10.3. The molecule has 0 aliphatic rings. The van der Waals surface area contributed by atoms with Gasteiger partial charge in [-0.3, -0.25) is 0 Å². The third-order valence-electron chi connectivity index (χ3n) is 1.54. The van der Waals surface area contributed by atoms with E-state index >= 15 is 0 Å². The molecule has 13 heavy (non-hydrogen) atoms. The molecule has 1 aromatic carbocycles. The highest BCUT2D eigenvalue weighted by atomic mass is 16.5. The first-order chi connectivity index (χ1) is 6.38. The van der Waals surface area contributed by atoms with Crippen molar-refractivity contribution in [3.63, 3.8) is 0 Å². The van der Waals surface area contributed by atoms with Crippen molar-refractivity contribution in [1.82, 2.24) is 5.48 Å². The standard InChI is InChI=1S/C9H13NO3/c1-12-8-4-2-3-5-9(8)13-7-6-10-11/h2-5,10-11H,6-7H2,1H3. The third-order valence-corrected chi connectivity index (χ3v) is 1.54. The molecule has 0 saturated heterocycles. The summed E-state index contributed by atoms with van der Waals surface area (Å²) in [6.45, 7) is 0.787. The van der Waals surface area contributed by atoms with Crippen molar-refractivity contribution in [2.45, 2.75) is 0 Å². The molecular formula is C9H13NO3. The lowest BCUT2D eigenvalue weighted by Crippen LogP contribution is -2.16. The summed E-state index contributed by atoms with van der Waals surface area (Å²) in [5.74, 6) is 1.38. The average molecular weight is 183 g/mol. The number of benzene rings is 1. The summed E-state index contributed by atoms with van der Waals surface area (Å²) in [5, 5.41) is 8.31. The van der Waals surface area contributed by atoms with Crippen LogP contribution in [0.15, 0.2) is 24.3 Å². The highest BCUT2D eigenvalue weighted by molar-refractivity contribution is 5.39. The van der Waals surface area contributed by atoms with Crippen LogP contribution in [-0.2, 0) is 0 Å². The molecule has 0 radical (unpaired) electrons. The number of hydroxylamine groups is 1. The zero-order valence-electron chi connectivity index (χ0n) is 7.49. The Labute approximate surface area is 77.1 Å². The van der Waals surface area contributed by atoms with Gasteiger partial charge in [-0.2, -0.15) is 0 Å². The van der Waals surface area contributed by atoms with Gasteiger partial charge in [-0.05, 0) is 12.1 Å². The van der Waals surface area contributed by atoms with Crippen molar-refractivity contribution in [2.24, 2.45) is 0 Å². The number of nitrogens with one attached hydrogen (secondary N) is 1. The van der Waals surface area contributed by atoms with E-state index in [0.717, 1.165) is 0 Å².